The van der Waals surface area contributed by atoms with Gasteiger partial charge in [-0.25, -0.2) is 0 Å². The van der Waals surface area contributed by atoms with Crippen LogP contribution in [0.1, 0.15) is 51.0 Å². The molecule has 1 heterocycles. The zero-order valence-electron chi connectivity index (χ0n) is 10.2. The lowest BCUT2D eigenvalue weighted by molar-refractivity contribution is 0.327. The van der Waals surface area contributed by atoms with Crippen molar-refractivity contribution in [3.8, 4) is 0 Å². The van der Waals surface area contributed by atoms with E-state index in [-0.39, 0.29) is 0 Å². The minimum Gasteiger partial charge on any atom is -0.357 e. The predicted octanol–water partition coefficient (Wildman–Crippen LogP) is 3.48. The second kappa shape index (κ2) is 5.62. The highest BCUT2D eigenvalue weighted by molar-refractivity contribution is 7.15. The average Bonchev–Trinajstić information content (AvgIpc) is 2.77. The summed E-state index contributed by atoms with van der Waals surface area (Å²) in [5.74, 6) is 0.907. The number of hydrogen-bond donors (Lipinski definition) is 1. The van der Waals surface area contributed by atoms with E-state index < -0.39 is 0 Å². The van der Waals surface area contributed by atoms with E-state index in [4.69, 9.17) is 0 Å². The molecule has 1 aromatic rings. The van der Waals surface area contributed by atoms with Crippen LogP contribution in [0, 0.1) is 5.92 Å². The molecular formula is C12H21N3S. The lowest BCUT2D eigenvalue weighted by atomic mass is 9.84. The fraction of sp³-hybridized carbons (Fsp3) is 0.833. The average molecular weight is 239 g/mol. The standard InChI is InChI=1S/C12H21N3S/c1-3-9-6-5-7-10(8-9)13-12-15-14-11(4-2)16-12/h9-10H,3-8H2,1-2H3,(H,13,15). The summed E-state index contributed by atoms with van der Waals surface area (Å²) in [5.41, 5.74) is 0. The van der Waals surface area contributed by atoms with Crippen molar-refractivity contribution >= 4 is 16.5 Å². The molecule has 1 aliphatic carbocycles. The molecule has 1 aliphatic rings. The molecule has 0 bridgehead atoms. The Balaban J connectivity index is 1.88. The van der Waals surface area contributed by atoms with Gasteiger partial charge in [-0.1, -0.05) is 44.4 Å². The normalized spacial score (nSPS) is 25.6. The van der Waals surface area contributed by atoms with Gasteiger partial charge in [0.1, 0.15) is 5.01 Å². The summed E-state index contributed by atoms with van der Waals surface area (Å²) >= 11 is 1.70. The summed E-state index contributed by atoms with van der Waals surface area (Å²) in [6.07, 6.45) is 7.66. The lowest BCUT2D eigenvalue weighted by Gasteiger charge is -2.28. The molecule has 0 spiro atoms. The summed E-state index contributed by atoms with van der Waals surface area (Å²) in [4.78, 5) is 0. The van der Waals surface area contributed by atoms with E-state index in [0.29, 0.717) is 6.04 Å². The molecule has 1 N–H and O–H groups in total. The van der Waals surface area contributed by atoms with E-state index in [1.165, 1.54) is 32.1 Å². The molecule has 3 nitrogen and oxygen atoms in total. The van der Waals surface area contributed by atoms with Crippen molar-refractivity contribution in [2.24, 2.45) is 5.92 Å². The fourth-order valence-corrected chi connectivity index (χ4v) is 3.18. The Hall–Kier alpha value is -0.640. The topological polar surface area (TPSA) is 37.8 Å². The van der Waals surface area contributed by atoms with Gasteiger partial charge in [-0.05, 0) is 25.2 Å². The maximum Gasteiger partial charge on any atom is 0.205 e. The predicted molar refractivity (Wildman–Crippen MR) is 68.9 cm³/mol. The van der Waals surface area contributed by atoms with Crippen LogP contribution in [0.2, 0.25) is 0 Å². The molecule has 1 saturated carbocycles. The molecule has 0 radical (unpaired) electrons. The number of hydrogen-bond acceptors (Lipinski definition) is 4. The first-order chi connectivity index (χ1) is 7.81. The Morgan fingerprint density at radius 1 is 1.31 bits per heavy atom. The molecule has 90 valence electrons. The van der Waals surface area contributed by atoms with E-state index in [1.54, 1.807) is 11.3 Å². The van der Waals surface area contributed by atoms with Gasteiger partial charge in [-0.3, -0.25) is 0 Å². The molecule has 1 aromatic heterocycles. The van der Waals surface area contributed by atoms with Crippen LogP contribution in [-0.4, -0.2) is 16.2 Å². The molecule has 2 rings (SSSR count). The Bertz CT molecular complexity index is 324. The molecule has 0 aliphatic heterocycles. The van der Waals surface area contributed by atoms with E-state index >= 15 is 0 Å². The van der Waals surface area contributed by atoms with E-state index in [1.807, 2.05) is 0 Å². The summed E-state index contributed by atoms with van der Waals surface area (Å²) in [5, 5.41) is 14.0. The van der Waals surface area contributed by atoms with Gasteiger partial charge in [0.15, 0.2) is 0 Å². The third-order valence-electron chi connectivity index (χ3n) is 3.46. The van der Waals surface area contributed by atoms with Crippen molar-refractivity contribution in [3.63, 3.8) is 0 Å². The zero-order chi connectivity index (χ0) is 11.4. The van der Waals surface area contributed by atoms with Crippen molar-refractivity contribution in [1.82, 2.24) is 10.2 Å². The van der Waals surface area contributed by atoms with Crippen molar-refractivity contribution < 1.29 is 0 Å². The molecule has 4 heteroatoms. The molecule has 16 heavy (non-hydrogen) atoms. The first-order valence-corrected chi connectivity index (χ1v) is 7.22. The summed E-state index contributed by atoms with van der Waals surface area (Å²) < 4.78 is 0. The molecule has 0 aromatic carbocycles. The third kappa shape index (κ3) is 2.94. The Morgan fingerprint density at radius 2 is 2.19 bits per heavy atom. The lowest BCUT2D eigenvalue weighted by Crippen LogP contribution is -2.26. The van der Waals surface area contributed by atoms with E-state index in [2.05, 4.69) is 29.4 Å². The summed E-state index contributed by atoms with van der Waals surface area (Å²) in [7, 11) is 0. The first-order valence-electron chi connectivity index (χ1n) is 6.40. The second-order valence-corrected chi connectivity index (χ2v) is 5.70. The molecule has 1 fully saturated rings. The number of aromatic nitrogens is 2. The number of aryl methyl sites for hydroxylation is 1. The second-order valence-electron chi connectivity index (χ2n) is 4.64. The quantitative estimate of drug-likeness (QED) is 0.874. The summed E-state index contributed by atoms with van der Waals surface area (Å²) in [6, 6.07) is 0.622. The molecule has 0 saturated heterocycles. The van der Waals surface area contributed by atoms with Gasteiger partial charge >= 0.3 is 0 Å². The smallest absolute Gasteiger partial charge is 0.205 e. The van der Waals surface area contributed by atoms with Crippen molar-refractivity contribution in [2.45, 2.75) is 58.4 Å². The first kappa shape index (κ1) is 11.8. The van der Waals surface area contributed by atoms with Crippen molar-refractivity contribution in [2.75, 3.05) is 5.32 Å². The van der Waals surface area contributed by atoms with E-state index in [9.17, 15) is 0 Å². The Labute approximate surface area is 102 Å². The van der Waals surface area contributed by atoms with E-state index in [0.717, 1.165) is 22.5 Å². The highest BCUT2D eigenvalue weighted by atomic mass is 32.1. The molecule has 2 unspecified atom stereocenters. The molecule has 0 amide bonds. The van der Waals surface area contributed by atoms with Gasteiger partial charge in [0.25, 0.3) is 0 Å². The monoisotopic (exact) mass is 239 g/mol. The van der Waals surface area contributed by atoms with Crippen LogP contribution in [0.25, 0.3) is 0 Å². The number of nitrogens with one attached hydrogen (secondary N) is 1. The largest absolute Gasteiger partial charge is 0.357 e. The van der Waals surface area contributed by atoms with Gasteiger partial charge in [-0.2, -0.15) is 0 Å². The summed E-state index contributed by atoms with van der Waals surface area (Å²) in [6.45, 7) is 4.42. The van der Waals surface area contributed by atoms with Crippen molar-refractivity contribution in [1.29, 1.82) is 0 Å². The molecular weight excluding hydrogens is 218 g/mol. The van der Waals surface area contributed by atoms with Gasteiger partial charge < -0.3 is 5.32 Å². The number of nitrogens with zero attached hydrogens (tertiary/aromatic N) is 2. The highest BCUT2D eigenvalue weighted by Crippen LogP contribution is 2.29. The minimum absolute atomic E-state index is 0.622. The third-order valence-corrected chi connectivity index (χ3v) is 4.46. The van der Waals surface area contributed by atoms with Crippen LogP contribution in [-0.2, 0) is 6.42 Å². The van der Waals surface area contributed by atoms with Gasteiger partial charge in [0, 0.05) is 6.04 Å². The van der Waals surface area contributed by atoms with Gasteiger partial charge in [0.2, 0.25) is 5.13 Å². The Morgan fingerprint density at radius 3 is 2.88 bits per heavy atom. The minimum atomic E-state index is 0.622. The van der Waals surface area contributed by atoms with Crippen LogP contribution in [0.15, 0.2) is 0 Å². The highest BCUT2D eigenvalue weighted by Gasteiger charge is 2.21. The van der Waals surface area contributed by atoms with Gasteiger partial charge in [-0.15, -0.1) is 10.2 Å². The van der Waals surface area contributed by atoms with Crippen molar-refractivity contribution in [3.05, 3.63) is 5.01 Å². The number of anilines is 1. The van der Waals surface area contributed by atoms with Crippen LogP contribution in [0.5, 0.6) is 0 Å². The Kier molecular flexibility index (Phi) is 4.16. The van der Waals surface area contributed by atoms with Crippen LogP contribution in [0.4, 0.5) is 5.13 Å². The maximum atomic E-state index is 4.19. The SMILES string of the molecule is CCc1nnc(NC2CCCC(CC)C2)s1. The fourth-order valence-electron chi connectivity index (χ4n) is 2.42. The molecule has 2 atom stereocenters. The maximum absolute atomic E-state index is 4.19. The van der Waals surface area contributed by atoms with Crippen LogP contribution < -0.4 is 5.32 Å². The zero-order valence-corrected chi connectivity index (χ0v) is 11.0. The number of rotatable bonds is 4. The van der Waals surface area contributed by atoms with Gasteiger partial charge in [0.05, 0.1) is 0 Å². The van der Waals surface area contributed by atoms with Crippen LogP contribution in [0.3, 0.4) is 0 Å². The van der Waals surface area contributed by atoms with Crippen LogP contribution >= 0.6 is 11.3 Å².